The molecule has 0 aromatic heterocycles. The van der Waals surface area contributed by atoms with Crippen LogP contribution < -0.4 is 5.32 Å². The van der Waals surface area contributed by atoms with Crippen molar-refractivity contribution in [2.24, 2.45) is 0 Å². The van der Waals surface area contributed by atoms with E-state index in [9.17, 15) is 4.21 Å². The van der Waals surface area contributed by atoms with E-state index in [0.29, 0.717) is 11.3 Å². The first kappa shape index (κ1) is 11.6. The molecule has 0 spiro atoms. The Morgan fingerprint density at radius 1 is 1.27 bits per heavy atom. The predicted molar refractivity (Wildman–Crippen MR) is 62.4 cm³/mol. The SMILES string of the molecule is CNC1CCCC1S(=O)C1CCOC1C. The molecule has 2 aliphatic rings. The second-order valence-corrected chi connectivity index (χ2v) is 6.46. The number of nitrogens with one attached hydrogen (secondary N) is 1. The zero-order chi connectivity index (χ0) is 10.8. The van der Waals surface area contributed by atoms with Gasteiger partial charge in [-0.2, -0.15) is 0 Å². The fraction of sp³-hybridized carbons (Fsp3) is 1.00. The number of hydrogen-bond donors (Lipinski definition) is 1. The molecule has 0 bridgehead atoms. The van der Waals surface area contributed by atoms with Gasteiger partial charge in [0.25, 0.3) is 0 Å². The molecule has 1 aliphatic heterocycles. The number of ether oxygens (including phenoxy) is 1. The maximum Gasteiger partial charge on any atom is 0.0691 e. The van der Waals surface area contributed by atoms with Crippen LogP contribution in [0.5, 0.6) is 0 Å². The van der Waals surface area contributed by atoms with E-state index in [-0.39, 0.29) is 11.4 Å². The van der Waals surface area contributed by atoms with Gasteiger partial charge in [-0.15, -0.1) is 0 Å². The van der Waals surface area contributed by atoms with Gasteiger partial charge in [-0.3, -0.25) is 4.21 Å². The predicted octanol–water partition coefficient (Wildman–Crippen LogP) is 1.05. The van der Waals surface area contributed by atoms with Gasteiger partial charge in [0.1, 0.15) is 0 Å². The van der Waals surface area contributed by atoms with Gasteiger partial charge in [0.05, 0.1) is 16.6 Å². The molecule has 1 heterocycles. The highest BCUT2D eigenvalue weighted by Crippen LogP contribution is 2.29. The van der Waals surface area contributed by atoms with Gasteiger partial charge in [-0.05, 0) is 33.2 Å². The topological polar surface area (TPSA) is 38.3 Å². The first-order valence-corrected chi connectivity index (χ1v) is 7.20. The molecule has 5 atom stereocenters. The van der Waals surface area contributed by atoms with Gasteiger partial charge in [-0.25, -0.2) is 0 Å². The van der Waals surface area contributed by atoms with E-state index in [2.05, 4.69) is 12.2 Å². The molecule has 2 rings (SSSR count). The minimum absolute atomic E-state index is 0.184. The van der Waals surface area contributed by atoms with E-state index in [4.69, 9.17) is 4.74 Å². The molecule has 1 aliphatic carbocycles. The minimum Gasteiger partial charge on any atom is -0.377 e. The molecular formula is C11H21NO2S. The monoisotopic (exact) mass is 231 g/mol. The first-order chi connectivity index (χ1) is 7.24. The molecule has 1 saturated heterocycles. The van der Waals surface area contributed by atoms with Gasteiger partial charge < -0.3 is 10.1 Å². The quantitative estimate of drug-likeness (QED) is 0.789. The lowest BCUT2D eigenvalue weighted by Gasteiger charge is -2.23. The van der Waals surface area contributed by atoms with Crippen molar-refractivity contribution < 1.29 is 8.95 Å². The zero-order valence-corrected chi connectivity index (χ0v) is 10.4. The molecular weight excluding hydrogens is 210 g/mol. The summed E-state index contributed by atoms with van der Waals surface area (Å²) in [5.74, 6) is 0. The van der Waals surface area contributed by atoms with Gasteiger partial charge in [0, 0.05) is 23.4 Å². The standard InChI is InChI=1S/C11H21NO2S/c1-8-10(6-7-14-8)15(13)11-5-3-4-9(11)12-2/h8-12H,3-7H2,1-2H3. The van der Waals surface area contributed by atoms with Gasteiger partial charge >= 0.3 is 0 Å². The summed E-state index contributed by atoms with van der Waals surface area (Å²) in [5.41, 5.74) is 0. The van der Waals surface area contributed by atoms with Crippen molar-refractivity contribution in [2.75, 3.05) is 13.7 Å². The Labute approximate surface area is 94.4 Å². The molecule has 4 heteroatoms. The highest BCUT2D eigenvalue weighted by atomic mass is 32.2. The number of rotatable bonds is 3. The molecule has 1 N–H and O–H groups in total. The third kappa shape index (κ3) is 2.27. The summed E-state index contributed by atoms with van der Waals surface area (Å²) in [6.07, 6.45) is 4.66. The molecule has 0 radical (unpaired) electrons. The second-order valence-electron chi connectivity index (χ2n) is 4.60. The number of hydrogen-bond acceptors (Lipinski definition) is 3. The van der Waals surface area contributed by atoms with Crippen molar-refractivity contribution in [3.63, 3.8) is 0 Å². The Bertz CT molecular complexity index is 247. The van der Waals surface area contributed by atoms with Crippen LogP contribution in [0.2, 0.25) is 0 Å². The van der Waals surface area contributed by atoms with Crippen LogP contribution >= 0.6 is 0 Å². The Balaban J connectivity index is 2.00. The molecule has 88 valence electrons. The van der Waals surface area contributed by atoms with Crippen LogP contribution in [0.1, 0.15) is 32.6 Å². The summed E-state index contributed by atoms with van der Waals surface area (Å²) in [6.45, 7) is 2.84. The van der Waals surface area contributed by atoms with Crippen molar-refractivity contribution in [1.29, 1.82) is 0 Å². The second kappa shape index (κ2) is 4.93. The average Bonchev–Trinajstić information content (AvgIpc) is 2.84. The van der Waals surface area contributed by atoms with Crippen LogP contribution in [0, 0.1) is 0 Å². The molecule has 5 unspecified atom stereocenters. The van der Waals surface area contributed by atoms with Gasteiger partial charge in [-0.1, -0.05) is 6.42 Å². The van der Waals surface area contributed by atoms with E-state index >= 15 is 0 Å². The lowest BCUT2D eigenvalue weighted by molar-refractivity contribution is 0.126. The van der Waals surface area contributed by atoms with Gasteiger partial charge in [0.15, 0.2) is 0 Å². The van der Waals surface area contributed by atoms with Crippen LogP contribution in [0.3, 0.4) is 0 Å². The molecule has 3 nitrogen and oxygen atoms in total. The largest absolute Gasteiger partial charge is 0.377 e. The molecule has 0 aromatic carbocycles. The van der Waals surface area contributed by atoms with Crippen LogP contribution in [0.4, 0.5) is 0 Å². The Morgan fingerprint density at radius 3 is 2.67 bits per heavy atom. The molecule has 15 heavy (non-hydrogen) atoms. The molecule has 2 fully saturated rings. The van der Waals surface area contributed by atoms with Crippen molar-refractivity contribution in [3.05, 3.63) is 0 Å². The van der Waals surface area contributed by atoms with Crippen LogP contribution in [-0.4, -0.2) is 40.5 Å². The van der Waals surface area contributed by atoms with Crippen LogP contribution in [-0.2, 0) is 15.5 Å². The lowest BCUT2D eigenvalue weighted by atomic mass is 10.2. The van der Waals surface area contributed by atoms with E-state index in [1.54, 1.807) is 0 Å². The smallest absolute Gasteiger partial charge is 0.0691 e. The summed E-state index contributed by atoms with van der Waals surface area (Å²) >= 11 is 0. The highest BCUT2D eigenvalue weighted by molar-refractivity contribution is 7.86. The molecule has 1 saturated carbocycles. The summed E-state index contributed by atoms with van der Waals surface area (Å²) in [7, 11) is 1.26. The third-order valence-electron chi connectivity index (χ3n) is 3.73. The zero-order valence-electron chi connectivity index (χ0n) is 9.57. The summed E-state index contributed by atoms with van der Waals surface area (Å²) in [5, 5.41) is 3.92. The van der Waals surface area contributed by atoms with Crippen LogP contribution in [0.15, 0.2) is 0 Å². The maximum atomic E-state index is 12.4. The van der Waals surface area contributed by atoms with E-state index in [1.807, 2.05) is 7.05 Å². The van der Waals surface area contributed by atoms with Crippen molar-refractivity contribution >= 4 is 10.8 Å². The van der Waals surface area contributed by atoms with E-state index in [1.165, 1.54) is 12.8 Å². The summed E-state index contributed by atoms with van der Waals surface area (Å²) in [4.78, 5) is 0. The summed E-state index contributed by atoms with van der Waals surface area (Å²) in [6, 6.07) is 0.457. The first-order valence-electron chi connectivity index (χ1n) is 5.92. The fourth-order valence-electron chi connectivity index (χ4n) is 2.78. The van der Waals surface area contributed by atoms with Crippen molar-refractivity contribution in [2.45, 2.75) is 55.3 Å². The average molecular weight is 231 g/mol. The summed E-state index contributed by atoms with van der Waals surface area (Å²) < 4.78 is 17.9. The highest BCUT2D eigenvalue weighted by Gasteiger charge is 2.38. The third-order valence-corrected chi connectivity index (χ3v) is 6.10. The fourth-order valence-corrected chi connectivity index (χ4v) is 5.00. The van der Waals surface area contributed by atoms with Crippen molar-refractivity contribution in [1.82, 2.24) is 5.32 Å². The van der Waals surface area contributed by atoms with E-state index < -0.39 is 10.8 Å². The minimum atomic E-state index is -0.718. The van der Waals surface area contributed by atoms with Crippen LogP contribution in [0.25, 0.3) is 0 Å². The lowest BCUT2D eigenvalue weighted by Crippen LogP contribution is -2.40. The van der Waals surface area contributed by atoms with Gasteiger partial charge in [0.2, 0.25) is 0 Å². The Morgan fingerprint density at radius 2 is 2.07 bits per heavy atom. The Kier molecular flexibility index (Phi) is 3.80. The van der Waals surface area contributed by atoms with E-state index in [0.717, 1.165) is 19.4 Å². The molecule has 0 aromatic rings. The normalized spacial score (nSPS) is 43.3. The Hall–Kier alpha value is 0.0700. The molecule has 0 amide bonds. The maximum absolute atomic E-state index is 12.4. The van der Waals surface area contributed by atoms with Crippen molar-refractivity contribution in [3.8, 4) is 0 Å².